The first-order valence-electron chi connectivity index (χ1n) is 5.57. The molecule has 5 heteroatoms. The lowest BCUT2D eigenvalue weighted by atomic mass is 9.79. The minimum Gasteiger partial charge on any atom is -0.314 e. The van der Waals surface area contributed by atoms with E-state index in [1.807, 2.05) is 7.05 Å². The molecule has 0 amide bonds. The molecule has 1 aromatic heterocycles. The van der Waals surface area contributed by atoms with E-state index < -0.39 is 0 Å². The van der Waals surface area contributed by atoms with Gasteiger partial charge in [0, 0.05) is 12.0 Å². The van der Waals surface area contributed by atoms with Crippen LogP contribution in [-0.2, 0) is 6.42 Å². The van der Waals surface area contributed by atoms with E-state index in [-0.39, 0.29) is 11.2 Å². The summed E-state index contributed by atoms with van der Waals surface area (Å²) in [6.07, 6.45) is 6.98. The second kappa shape index (κ2) is 4.18. The number of H-pyrrole nitrogens is 2. The summed E-state index contributed by atoms with van der Waals surface area (Å²) in [5, 5.41) is 9.78. The van der Waals surface area contributed by atoms with Gasteiger partial charge in [0.25, 0.3) is 0 Å². The molecule has 1 aliphatic rings. The van der Waals surface area contributed by atoms with E-state index >= 15 is 0 Å². The van der Waals surface area contributed by atoms with E-state index in [0.29, 0.717) is 0 Å². The summed E-state index contributed by atoms with van der Waals surface area (Å²) in [5.74, 6) is 0.760. The van der Waals surface area contributed by atoms with Gasteiger partial charge in [-0.15, -0.1) is 0 Å². The molecule has 0 bridgehead atoms. The van der Waals surface area contributed by atoms with Crippen molar-refractivity contribution in [2.24, 2.45) is 0 Å². The predicted octanol–water partition coefficient (Wildman–Crippen LogP) is 0.563. The van der Waals surface area contributed by atoms with Gasteiger partial charge in [-0.25, -0.2) is 9.89 Å². The fourth-order valence-electron chi connectivity index (χ4n) is 2.45. The van der Waals surface area contributed by atoms with Crippen molar-refractivity contribution >= 4 is 0 Å². The maximum Gasteiger partial charge on any atom is 0.340 e. The summed E-state index contributed by atoms with van der Waals surface area (Å²) in [7, 11) is 2.00. The van der Waals surface area contributed by atoms with E-state index in [4.69, 9.17) is 0 Å². The Morgan fingerprint density at radius 2 is 2.13 bits per heavy atom. The van der Waals surface area contributed by atoms with Crippen LogP contribution in [0.15, 0.2) is 4.79 Å². The van der Waals surface area contributed by atoms with Crippen LogP contribution in [0.25, 0.3) is 0 Å². The number of nitrogens with zero attached hydrogens (tertiary/aromatic N) is 1. The van der Waals surface area contributed by atoms with E-state index in [2.05, 4.69) is 20.5 Å². The van der Waals surface area contributed by atoms with Gasteiger partial charge >= 0.3 is 5.69 Å². The Bertz CT molecular complexity index is 361. The van der Waals surface area contributed by atoms with Crippen LogP contribution in [-0.4, -0.2) is 27.8 Å². The predicted molar refractivity (Wildman–Crippen MR) is 57.8 cm³/mol. The maximum atomic E-state index is 10.9. The highest BCUT2D eigenvalue weighted by molar-refractivity contribution is 4.98. The molecule has 1 aliphatic carbocycles. The lowest BCUT2D eigenvalue weighted by molar-refractivity contribution is 0.241. The molecular formula is C10H18N4O. The smallest absolute Gasteiger partial charge is 0.314 e. The number of hydrogen-bond donors (Lipinski definition) is 3. The Balaban J connectivity index is 2.09. The molecule has 0 atom stereocenters. The highest BCUT2D eigenvalue weighted by Gasteiger charge is 2.31. The van der Waals surface area contributed by atoms with Crippen LogP contribution in [0.3, 0.4) is 0 Å². The van der Waals surface area contributed by atoms with Gasteiger partial charge < -0.3 is 5.32 Å². The van der Waals surface area contributed by atoms with Crippen molar-refractivity contribution in [1.82, 2.24) is 20.5 Å². The average molecular weight is 210 g/mol. The quantitative estimate of drug-likeness (QED) is 0.682. The van der Waals surface area contributed by atoms with Gasteiger partial charge in [0.2, 0.25) is 0 Å². The molecule has 0 aromatic carbocycles. The van der Waals surface area contributed by atoms with Crippen LogP contribution < -0.4 is 11.0 Å². The van der Waals surface area contributed by atoms with Crippen molar-refractivity contribution in [1.29, 1.82) is 0 Å². The first-order chi connectivity index (χ1) is 7.24. The number of nitrogens with one attached hydrogen (secondary N) is 3. The second-order valence-electron chi connectivity index (χ2n) is 4.39. The zero-order valence-electron chi connectivity index (χ0n) is 9.10. The lowest BCUT2D eigenvalue weighted by Crippen LogP contribution is -2.46. The highest BCUT2D eigenvalue weighted by atomic mass is 16.1. The minimum atomic E-state index is -0.216. The van der Waals surface area contributed by atoms with Gasteiger partial charge in [-0.05, 0) is 19.9 Å². The van der Waals surface area contributed by atoms with Crippen LogP contribution >= 0.6 is 0 Å². The molecule has 0 aliphatic heterocycles. The largest absolute Gasteiger partial charge is 0.340 e. The number of rotatable bonds is 3. The first-order valence-corrected chi connectivity index (χ1v) is 5.57. The van der Waals surface area contributed by atoms with Gasteiger partial charge in [-0.3, -0.25) is 4.98 Å². The van der Waals surface area contributed by atoms with Crippen molar-refractivity contribution in [2.45, 2.75) is 44.1 Å². The van der Waals surface area contributed by atoms with Crippen LogP contribution in [0.1, 0.15) is 37.9 Å². The molecule has 2 rings (SSSR count). The minimum absolute atomic E-state index is 0.135. The van der Waals surface area contributed by atoms with Gasteiger partial charge in [0.1, 0.15) is 5.82 Å². The van der Waals surface area contributed by atoms with Gasteiger partial charge in [-0.1, -0.05) is 19.3 Å². The highest BCUT2D eigenvalue weighted by Crippen LogP contribution is 2.29. The van der Waals surface area contributed by atoms with E-state index in [9.17, 15) is 4.79 Å². The molecule has 0 radical (unpaired) electrons. The van der Waals surface area contributed by atoms with Crippen molar-refractivity contribution in [3.8, 4) is 0 Å². The standard InChI is InChI=1S/C10H18N4O/c1-11-10(5-3-2-4-6-10)7-8-12-9(15)14-13-8/h11H,2-7H2,1H3,(H2,12,13,14,15). The number of hydrogen-bond acceptors (Lipinski definition) is 3. The van der Waals surface area contributed by atoms with Crippen molar-refractivity contribution in [3.63, 3.8) is 0 Å². The molecule has 84 valence electrons. The second-order valence-corrected chi connectivity index (χ2v) is 4.39. The Morgan fingerprint density at radius 1 is 1.40 bits per heavy atom. The molecule has 15 heavy (non-hydrogen) atoms. The normalized spacial score (nSPS) is 20.3. The van der Waals surface area contributed by atoms with E-state index in [1.54, 1.807) is 0 Å². The SMILES string of the molecule is CNC1(Cc2n[nH]c(=O)[nH]2)CCCCC1. The van der Waals surface area contributed by atoms with Crippen molar-refractivity contribution < 1.29 is 0 Å². The lowest BCUT2D eigenvalue weighted by Gasteiger charge is -2.36. The Labute approximate surface area is 88.7 Å². The summed E-state index contributed by atoms with van der Waals surface area (Å²) in [4.78, 5) is 13.7. The van der Waals surface area contributed by atoms with Crippen molar-refractivity contribution in [3.05, 3.63) is 16.3 Å². The van der Waals surface area contributed by atoms with Gasteiger partial charge in [-0.2, -0.15) is 5.10 Å². The maximum absolute atomic E-state index is 10.9. The van der Waals surface area contributed by atoms with E-state index in [0.717, 1.165) is 12.2 Å². The van der Waals surface area contributed by atoms with Crippen LogP contribution in [0.4, 0.5) is 0 Å². The Hall–Kier alpha value is -1.10. The molecule has 5 nitrogen and oxygen atoms in total. The third-order valence-electron chi connectivity index (χ3n) is 3.40. The number of aromatic amines is 2. The van der Waals surface area contributed by atoms with E-state index in [1.165, 1.54) is 32.1 Å². The molecule has 0 unspecified atom stereocenters. The molecule has 1 aromatic rings. The van der Waals surface area contributed by atoms with Gasteiger partial charge in [0.05, 0.1) is 0 Å². The molecule has 3 N–H and O–H groups in total. The zero-order chi connectivity index (χ0) is 10.7. The zero-order valence-corrected chi connectivity index (χ0v) is 9.10. The van der Waals surface area contributed by atoms with Crippen LogP contribution in [0, 0.1) is 0 Å². The monoisotopic (exact) mass is 210 g/mol. The molecule has 1 saturated carbocycles. The van der Waals surface area contributed by atoms with Crippen LogP contribution in [0.5, 0.6) is 0 Å². The summed E-state index contributed by atoms with van der Waals surface area (Å²) in [5.41, 5.74) is -0.0804. The fourth-order valence-corrected chi connectivity index (χ4v) is 2.45. The summed E-state index contributed by atoms with van der Waals surface area (Å²) in [6.45, 7) is 0. The summed E-state index contributed by atoms with van der Waals surface area (Å²) in [6, 6.07) is 0. The molecule has 0 spiro atoms. The topological polar surface area (TPSA) is 73.6 Å². The summed E-state index contributed by atoms with van der Waals surface area (Å²) >= 11 is 0. The van der Waals surface area contributed by atoms with Gasteiger partial charge in [0.15, 0.2) is 0 Å². The van der Waals surface area contributed by atoms with Crippen LogP contribution in [0.2, 0.25) is 0 Å². The molecule has 1 heterocycles. The number of aromatic nitrogens is 3. The Morgan fingerprint density at radius 3 is 2.67 bits per heavy atom. The summed E-state index contributed by atoms with van der Waals surface area (Å²) < 4.78 is 0. The molecular weight excluding hydrogens is 192 g/mol. The first kappa shape index (κ1) is 10.4. The third kappa shape index (κ3) is 2.28. The van der Waals surface area contributed by atoms with Crippen molar-refractivity contribution in [2.75, 3.05) is 7.05 Å². The molecule has 0 saturated heterocycles. The number of likely N-dealkylation sites (N-methyl/N-ethyl adjacent to an activating group) is 1. The average Bonchev–Trinajstić information content (AvgIpc) is 2.65. The third-order valence-corrected chi connectivity index (χ3v) is 3.40. The fraction of sp³-hybridized carbons (Fsp3) is 0.800. The Kier molecular flexibility index (Phi) is 2.90. The molecule has 1 fully saturated rings.